The van der Waals surface area contributed by atoms with Crippen LogP contribution in [0.3, 0.4) is 0 Å². The largest absolute Gasteiger partial charge is 0.309 e. The van der Waals surface area contributed by atoms with Crippen molar-refractivity contribution in [2.45, 2.75) is 0 Å². The third kappa shape index (κ3) is 5.66. The van der Waals surface area contributed by atoms with Crippen LogP contribution in [0.25, 0.3) is 120 Å². The van der Waals surface area contributed by atoms with Crippen LogP contribution in [0.4, 0.5) is 0 Å². The summed E-state index contributed by atoms with van der Waals surface area (Å²) >= 11 is 1.72. The Morgan fingerprint density at radius 1 is 0.397 bits per heavy atom. The minimum atomic E-state index is -0.434. The monoisotopic (exact) mass is 826 g/mol. The molecule has 4 heterocycles. The summed E-state index contributed by atoms with van der Waals surface area (Å²) in [5.41, 5.74) is 9.24. The van der Waals surface area contributed by atoms with E-state index in [-0.39, 0.29) is 29.7 Å². The zero-order chi connectivity index (χ0) is 45.8. The SMILES string of the molecule is [2H]c1c([2H])c([2H])c(-c2cccc3c2c2ccccc2n3-c2nc(-c3ccccc3)nc(-c3cc(-n4c5ccccc5c5ccccc54)cc4c3sc3ccc(-c5ccccc5)cc34)n2)c([2H])c1[2H]. The molecule has 0 aliphatic rings. The number of hydrogen-bond acceptors (Lipinski definition) is 4. The van der Waals surface area contributed by atoms with Gasteiger partial charge < -0.3 is 4.57 Å². The van der Waals surface area contributed by atoms with Gasteiger partial charge in [0.15, 0.2) is 11.6 Å². The van der Waals surface area contributed by atoms with E-state index in [1.54, 1.807) is 11.3 Å². The van der Waals surface area contributed by atoms with Gasteiger partial charge in [0, 0.05) is 58.5 Å². The van der Waals surface area contributed by atoms with Gasteiger partial charge in [-0.1, -0.05) is 164 Å². The minimum Gasteiger partial charge on any atom is -0.309 e. The van der Waals surface area contributed by atoms with Crippen LogP contribution in [-0.2, 0) is 0 Å². The van der Waals surface area contributed by atoms with Crippen molar-refractivity contribution in [3.05, 3.63) is 212 Å². The number of fused-ring (bicyclic) bond motifs is 9. The third-order valence-corrected chi connectivity index (χ3v) is 13.3. The van der Waals surface area contributed by atoms with Crippen molar-refractivity contribution in [3.8, 4) is 56.7 Å². The second kappa shape index (κ2) is 14.2. The molecule has 0 saturated carbocycles. The van der Waals surface area contributed by atoms with Gasteiger partial charge in [0.05, 0.1) is 28.9 Å². The number of aromatic nitrogens is 5. The van der Waals surface area contributed by atoms with Crippen molar-refractivity contribution >= 4 is 75.1 Å². The minimum absolute atomic E-state index is 0.135. The van der Waals surface area contributed by atoms with Gasteiger partial charge in [-0.3, -0.25) is 4.57 Å². The molecule has 0 spiro atoms. The predicted molar refractivity (Wildman–Crippen MR) is 263 cm³/mol. The van der Waals surface area contributed by atoms with Gasteiger partial charge in [-0.15, -0.1) is 11.3 Å². The summed E-state index contributed by atoms with van der Waals surface area (Å²) in [6.45, 7) is 0. The summed E-state index contributed by atoms with van der Waals surface area (Å²) in [7, 11) is 0. The first kappa shape index (κ1) is 30.8. The molecule has 13 rings (SSSR count). The molecule has 294 valence electrons. The molecule has 0 amide bonds. The van der Waals surface area contributed by atoms with E-state index in [2.05, 4.69) is 108 Å². The van der Waals surface area contributed by atoms with Crippen molar-refractivity contribution < 1.29 is 6.85 Å². The molecule has 0 saturated heterocycles. The van der Waals surface area contributed by atoms with Crippen molar-refractivity contribution in [2.75, 3.05) is 0 Å². The topological polar surface area (TPSA) is 48.5 Å². The summed E-state index contributed by atoms with van der Waals surface area (Å²) in [4.78, 5) is 16.1. The van der Waals surface area contributed by atoms with Crippen molar-refractivity contribution in [2.24, 2.45) is 0 Å². The van der Waals surface area contributed by atoms with E-state index >= 15 is 0 Å². The van der Waals surface area contributed by atoms with Crippen LogP contribution in [0.2, 0.25) is 0 Å². The van der Waals surface area contributed by atoms with E-state index in [9.17, 15) is 0 Å². The van der Waals surface area contributed by atoms with Gasteiger partial charge in [0.1, 0.15) is 0 Å². The first-order valence-electron chi connectivity index (χ1n) is 23.3. The lowest BCUT2D eigenvalue weighted by molar-refractivity contribution is 0.954. The molecule has 0 atom stereocenters. The molecule has 63 heavy (non-hydrogen) atoms. The second-order valence-corrected chi connectivity index (χ2v) is 16.7. The molecule has 5 nitrogen and oxygen atoms in total. The van der Waals surface area contributed by atoms with E-state index in [1.807, 2.05) is 83.4 Å². The fourth-order valence-corrected chi connectivity index (χ4v) is 10.5. The highest BCUT2D eigenvalue weighted by Gasteiger charge is 2.23. The molecule has 6 heteroatoms. The number of hydrogen-bond donors (Lipinski definition) is 0. The number of thiophene rings is 1. The van der Waals surface area contributed by atoms with Crippen LogP contribution < -0.4 is 0 Å². The maximum Gasteiger partial charge on any atom is 0.238 e. The maximum absolute atomic E-state index is 8.98. The van der Waals surface area contributed by atoms with Crippen LogP contribution in [0, 0.1) is 0 Å². The Bertz CT molecular complexity index is 4140. The Morgan fingerprint density at radius 2 is 1.02 bits per heavy atom. The molecule has 13 aromatic rings. The Kier molecular flexibility index (Phi) is 6.94. The number of nitrogens with zero attached hydrogens (tertiary/aromatic N) is 5. The fraction of sp³-hybridized carbons (Fsp3) is 0. The van der Waals surface area contributed by atoms with Crippen molar-refractivity contribution in [1.29, 1.82) is 0 Å². The number of rotatable bonds is 6. The second-order valence-electron chi connectivity index (χ2n) is 15.6. The lowest BCUT2D eigenvalue weighted by atomic mass is 9.99. The standard InChI is InChI=1S/C57H35N5S/c1-4-17-36(18-5-1)39-31-32-52-45(33-39)46-34-40(61-48-27-13-10-23-42(48)43-24-11-14-28-49(43)61)35-47(54(46)63-52)56-58-55(38-21-8-3-9-22-38)59-57(60-56)62-50-29-15-12-25-44(50)53-41(26-16-30-51(53)62)37-19-6-2-7-20-37/h1-35H/i2D,6D,7D,19D,20D. The summed E-state index contributed by atoms with van der Waals surface area (Å²) in [6, 6.07) is 60.5. The summed E-state index contributed by atoms with van der Waals surface area (Å²) in [5.74, 6) is 1.35. The molecule has 4 aromatic heterocycles. The number of benzene rings is 9. The molecule has 0 unspecified atom stereocenters. The van der Waals surface area contributed by atoms with E-state index in [1.165, 1.54) is 0 Å². The molecule has 0 aliphatic carbocycles. The average Bonchev–Trinajstić information content (AvgIpc) is 4.05. The lowest BCUT2D eigenvalue weighted by Crippen LogP contribution is -2.06. The third-order valence-electron chi connectivity index (χ3n) is 12.1. The van der Waals surface area contributed by atoms with Crippen LogP contribution in [0.15, 0.2) is 212 Å². The molecule has 0 fully saturated rings. The number of para-hydroxylation sites is 3. The smallest absolute Gasteiger partial charge is 0.238 e. The van der Waals surface area contributed by atoms with E-state index < -0.39 is 6.04 Å². The zero-order valence-corrected chi connectivity index (χ0v) is 34.3. The normalized spacial score (nSPS) is 12.9. The highest BCUT2D eigenvalue weighted by Crippen LogP contribution is 2.45. The molecular formula is C57H35N5S. The zero-order valence-electron chi connectivity index (χ0n) is 38.5. The van der Waals surface area contributed by atoms with Gasteiger partial charge in [-0.05, 0) is 70.8 Å². The van der Waals surface area contributed by atoms with Gasteiger partial charge in [-0.2, -0.15) is 9.97 Å². The molecule has 9 aromatic carbocycles. The highest BCUT2D eigenvalue weighted by molar-refractivity contribution is 7.26. The Hall–Kier alpha value is -8.19. The first-order chi connectivity index (χ1) is 33.3. The molecule has 0 N–H and O–H groups in total. The summed E-state index contributed by atoms with van der Waals surface area (Å²) in [6.07, 6.45) is 0. The van der Waals surface area contributed by atoms with Crippen LogP contribution in [0.1, 0.15) is 6.85 Å². The van der Waals surface area contributed by atoms with Gasteiger partial charge >= 0.3 is 0 Å². The first-order valence-corrected chi connectivity index (χ1v) is 21.6. The van der Waals surface area contributed by atoms with Crippen LogP contribution >= 0.6 is 11.3 Å². The van der Waals surface area contributed by atoms with Gasteiger partial charge in [0.25, 0.3) is 0 Å². The van der Waals surface area contributed by atoms with Crippen molar-refractivity contribution in [1.82, 2.24) is 24.1 Å². The highest BCUT2D eigenvalue weighted by atomic mass is 32.1. The average molecular weight is 827 g/mol. The lowest BCUT2D eigenvalue weighted by Gasteiger charge is -2.14. The Labute approximate surface area is 373 Å². The van der Waals surface area contributed by atoms with E-state index in [0.717, 1.165) is 86.2 Å². The van der Waals surface area contributed by atoms with E-state index in [0.29, 0.717) is 28.7 Å². The van der Waals surface area contributed by atoms with Crippen LogP contribution in [0.5, 0.6) is 0 Å². The van der Waals surface area contributed by atoms with Gasteiger partial charge in [0.2, 0.25) is 5.95 Å². The maximum atomic E-state index is 8.98. The van der Waals surface area contributed by atoms with E-state index in [4.69, 9.17) is 21.8 Å². The molecule has 0 aliphatic heterocycles. The van der Waals surface area contributed by atoms with Crippen molar-refractivity contribution in [3.63, 3.8) is 0 Å². The molecule has 0 bridgehead atoms. The molecule has 0 radical (unpaired) electrons. The Balaban J connectivity index is 1.13. The quantitative estimate of drug-likeness (QED) is 0.168. The van der Waals surface area contributed by atoms with Gasteiger partial charge in [-0.25, -0.2) is 4.98 Å². The predicted octanol–water partition coefficient (Wildman–Crippen LogP) is 15.1. The Morgan fingerprint density at radius 3 is 1.75 bits per heavy atom. The molecular weight excluding hydrogens is 787 g/mol. The summed E-state index contributed by atoms with van der Waals surface area (Å²) in [5, 5.41) is 6.08. The fourth-order valence-electron chi connectivity index (χ4n) is 9.30. The summed E-state index contributed by atoms with van der Waals surface area (Å²) < 4.78 is 49.9. The van der Waals surface area contributed by atoms with Crippen LogP contribution in [-0.4, -0.2) is 24.1 Å².